The second kappa shape index (κ2) is 7.73. The minimum Gasteiger partial charge on any atom is -0.492 e. The van der Waals surface area contributed by atoms with Crippen molar-refractivity contribution in [1.29, 1.82) is 0 Å². The number of hydrogen-bond donors (Lipinski definition) is 0. The quantitative estimate of drug-likeness (QED) is 0.551. The molecule has 0 unspecified atom stereocenters. The first-order chi connectivity index (χ1) is 10.7. The van der Waals surface area contributed by atoms with Gasteiger partial charge in [0.25, 0.3) is 0 Å². The van der Waals surface area contributed by atoms with Crippen molar-refractivity contribution >= 4 is 18.6 Å². The second-order valence-electron chi connectivity index (χ2n) is 4.52. The first kappa shape index (κ1) is 15.4. The van der Waals surface area contributed by atoms with E-state index >= 15 is 0 Å². The van der Waals surface area contributed by atoms with Crippen LogP contribution >= 0.6 is 0 Å². The molecule has 0 fully saturated rings. The molecule has 0 heterocycles. The number of benzene rings is 2. The van der Waals surface area contributed by atoms with Gasteiger partial charge in [-0.05, 0) is 24.3 Å². The minimum atomic E-state index is -0.0553. The number of ether oxygens (including phenoxy) is 1. The molecule has 0 aliphatic carbocycles. The van der Waals surface area contributed by atoms with Gasteiger partial charge in [-0.1, -0.05) is 30.3 Å². The van der Waals surface area contributed by atoms with Crippen molar-refractivity contribution in [2.75, 3.05) is 13.2 Å². The van der Waals surface area contributed by atoms with Gasteiger partial charge < -0.3 is 4.74 Å². The van der Waals surface area contributed by atoms with Crippen LogP contribution in [0.1, 0.15) is 15.9 Å². The van der Waals surface area contributed by atoms with Crippen molar-refractivity contribution in [3.8, 4) is 5.75 Å². The van der Waals surface area contributed by atoms with Gasteiger partial charge in [-0.2, -0.15) is 0 Å². The summed E-state index contributed by atoms with van der Waals surface area (Å²) in [5.41, 5.74) is 1.20. The number of ketones is 1. The maximum Gasteiger partial charge on any atom is 0.216 e. The van der Waals surface area contributed by atoms with E-state index in [9.17, 15) is 14.4 Å². The zero-order chi connectivity index (χ0) is 15.8. The monoisotopic (exact) mass is 297 g/mol. The Morgan fingerprint density at radius 1 is 0.909 bits per heavy atom. The predicted molar refractivity (Wildman–Crippen MR) is 80.6 cm³/mol. The average Bonchev–Trinajstić information content (AvgIpc) is 2.59. The van der Waals surface area contributed by atoms with Crippen LogP contribution in [0, 0.1) is 0 Å². The van der Waals surface area contributed by atoms with Crippen LogP contribution in [0.5, 0.6) is 5.75 Å². The zero-order valence-corrected chi connectivity index (χ0v) is 11.8. The van der Waals surface area contributed by atoms with Crippen LogP contribution in [0.2, 0.25) is 0 Å². The molecule has 0 N–H and O–H groups in total. The summed E-state index contributed by atoms with van der Waals surface area (Å²) >= 11 is 0. The maximum atomic E-state index is 12.2. The average molecular weight is 297 g/mol. The third-order valence-corrected chi connectivity index (χ3v) is 3.04. The third-order valence-electron chi connectivity index (χ3n) is 3.04. The topological polar surface area (TPSA) is 63.7 Å². The van der Waals surface area contributed by atoms with Gasteiger partial charge in [0.2, 0.25) is 12.8 Å². The number of rotatable bonds is 8. The van der Waals surface area contributed by atoms with E-state index in [1.54, 1.807) is 36.4 Å². The van der Waals surface area contributed by atoms with Crippen molar-refractivity contribution in [3.05, 3.63) is 65.7 Å². The van der Waals surface area contributed by atoms with Gasteiger partial charge in [-0.3, -0.25) is 19.3 Å². The van der Waals surface area contributed by atoms with E-state index in [0.29, 0.717) is 29.7 Å². The molecule has 0 saturated carbocycles. The molecule has 2 aromatic rings. The fourth-order valence-electron chi connectivity index (χ4n) is 1.86. The molecule has 5 nitrogen and oxygen atoms in total. The Labute approximate surface area is 128 Å². The summed E-state index contributed by atoms with van der Waals surface area (Å²) in [5.74, 6) is 0.515. The largest absolute Gasteiger partial charge is 0.492 e. The Morgan fingerprint density at radius 3 is 2.09 bits per heavy atom. The SMILES string of the molecule is O=CN(C=O)CCOc1ccc(C(=O)c2ccccc2)cc1. The summed E-state index contributed by atoms with van der Waals surface area (Å²) in [7, 11) is 0. The Morgan fingerprint density at radius 2 is 1.50 bits per heavy atom. The summed E-state index contributed by atoms with van der Waals surface area (Å²) in [6.07, 6.45) is 0.885. The van der Waals surface area contributed by atoms with Gasteiger partial charge in [0, 0.05) is 11.1 Å². The maximum absolute atomic E-state index is 12.2. The Bertz CT molecular complexity index is 629. The molecule has 0 atom stereocenters. The fraction of sp³-hybridized carbons (Fsp3) is 0.118. The molecule has 2 amide bonds. The summed E-state index contributed by atoms with van der Waals surface area (Å²) in [4.78, 5) is 34.0. The summed E-state index contributed by atoms with van der Waals surface area (Å²) in [5, 5.41) is 0. The van der Waals surface area contributed by atoms with Gasteiger partial charge >= 0.3 is 0 Å². The van der Waals surface area contributed by atoms with Crippen molar-refractivity contribution in [2.45, 2.75) is 0 Å². The van der Waals surface area contributed by atoms with Gasteiger partial charge in [0.1, 0.15) is 12.4 Å². The molecule has 2 rings (SSSR count). The van der Waals surface area contributed by atoms with Crippen LogP contribution < -0.4 is 4.74 Å². The van der Waals surface area contributed by atoms with E-state index in [2.05, 4.69) is 0 Å². The van der Waals surface area contributed by atoms with E-state index in [4.69, 9.17) is 4.74 Å². The molecule has 22 heavy (non-hydrogen) atoms. The minimum absolute atomic E-state index is 0.0553. The number of amides is 2. The molecule has 5 heteroatoms. The Hall–Kier alpha value is -2.95. The van der Waals surface area contributed by atoms with Crippen molar-refractivity contribution in [3.63, 3.8) is 0 Å². The van der Waals surface area contributed by atoms with E-state index < -0.39 is 0 Å². The van der Waals surface area contributed by atoms with Gasteiger partial charge in [-0.15, -0.1) is 0 Å². The van der Waals surface area contributed by atoms with Crippen LogP contribution in [0.25, 0.3) is 0 Å². The molecule has 112 valence electrons. The lowest BCUT2D eigenvalue weighted by Crippen LogP contribution is -2.25. The standard InChI is InChI=1S/C17H15NO4/c19-12-18(13-20)10-11-22-16-8-6-15(7-9-16)17(21)14-4-2-1-3-5-14/h1-9,12-13H,10-11H2. The molecule has 0 aromatic heterocycles. The highest BCUT2D eigenvalue weighted by Crippen LogP contribution is 2.15. The lowest BCUT2D eigenvalue weighted by Gasteiger charge is -2.10. The van der Waals surface area contributed by atoms with Crippen molar-refractivity contribution < 1.29 is 19.1 Å². The highest BCUT2D eigenvalue weighted by molar-refractivity contribution is 6.08. The predicted octanol–water partition coefficient (Wildman–Crippen LogP) is 1.91. The number of carbonyl (C=O) groups is 3. The number of imide groups is 1. The summed E-state index contributed by atoms with van der Waals surface area (Å²) in [6, 6.07) is 15.7. The van der Waals surface area contributed by atoms with Crippen LogP contribution in [0.3, 0.4) is 0 Å². The Balaban J connectivity index is 1.94. The lowest BCUT2D eigenvalue weighted by atomic mass is 10.0. The third kappa shape index (κ3) is 4.02. The molecule has 0 aliphatic heterocycles. The van der Waals surface area contributed by atoms with Crippen LogP contribution in [-0.4, -0.2) is 36.7 Å². The normalized spacial score (nSPS) is 9.82. The van der Waals surface area contributed by atoms with Crippen molar-refractivity contribution in [1.82, 2.24) is 4.90 Å². The number of nitrogens with zero attached hydrogens (tertiary/aromatic N) is 1. The fourth-order valence-corrected chi connectivity index (χ4v) is 1.86. The lowest BCUT2D eigenvalue weighted by molar-refractivity contribution is -0.129. The zero-order valence-electron chi connectivity index (χ0n) is 11.8. The van der Waals surface area contributed by atoms with Crippen LogP contribution in [0.4, 0.5) is 0 Å². The van der Waals surface area contributed by atoms with Crippen molar-refractivity contribution in [2.24, 2.45) is 0 Å². The van der Waals surface area contributed by atoms with Gasteiger partial charge in [-0.25, -0.2) is 0 Å². The van der Waals surface area contributed by atoms with Gasteiger partial charge in [0.15, 0.2) is 5.78 Å². The summed E-state index contributed by atoms with van der Waals surface area (Å²) in [6.45, 7) is 0.376. The molecule has 0 aliphatic rings. The first-order valence-corrected chi connectivity index (χ1v) is 6.73. The van der Waals surface area contributed by atoms with Gasteiger partial charge in [0.05, 0.1) is 6.54 Å². The molecule has 0 radical (unpaired) electrons. The molecule has 0 bridgehead atoms. The summed E-state index contributed by atoms with van der Waals surface area (Å²) < 4.78 is 5.41. The molecule has 2 aromatic carbocycles. The van der Waals surface area contributed by atoms with E-state index in [-0.39, 0.29) is 18.9 Å². The molecular formula is C17H15NO4. The highest BCUT2D eigenvalue weighted by Gasteiger charge is 2.08. The van der Waals surface area contributed by atoms with E-state index in [1.807, 2.05) is 18.2 Å². The number of carbonyl (C=O) groups excluding carboxylic acids is 3. The highest BCUT2D eigenvalue weighted by atomic mass is 16.5. The second-order valence-corrected chi connectivity index (χ2v) is 4.52. The smallest absolute Gasteiger partial charge is 0.216 e. The molecule has 0 spiro atoms. The number of hydrogen-bond acceptors (Lipinski definition) is 4. The van der Waals surface area contributed by atoms with E-state index in [1.165, 1.54) is 0 Å². The first-order valence-electron chi connectivity index (χ1n) is 6.73. The van der Waals surface area contributed by atoms with E-state index in [0.717, 1.165) is 4.90 Å². The Kier molecular flexibility index (Phi) is 5.43. The van der Waals surface area contributed by atoms with Crippen LogP contribution in [-0.2, 0) is 9.59 Å². The van der Waals surface area contributed by atoms with Crippen LogP contribution in [0.15, 0.2) is 54.6 Å². The molecule has 0 saturated heterocycles. The molecular weight excluding hydrogens is 282 g/mol.